The Bertz CT molecular complexity index is 760. The molecule has 0 spiro atoms. The molecule has 2 aromatic rings. The quantitative estimate of drug-likeness (QED) is 0.244. The van der Waals surface area contributed by atoms with Gasteiger partial charge in [0.05, 0.1) is 0 Å². The summed E-state index contributed by atoms with van der Waals surface area (Å²) in [5.41, 5.74) is 2.91. The number of para-hydroxylation sites is 1. The minimum atomic E-state index is -0.594. The fourth-order valence-corrected chi connectivity index (χ4v) is 2.43. The van der Waals surface area contributed by atoms with Crippen LogP contribution < -0.4 is 10.8 Å². The number of hydrogen-bond donors (Lipinski definition) is 4. The molecule has 0 radical (unpaired) electrons. The molecule has 0 heterocycles. The summed E-state index contributed by atoms with van der Waals surface area (Å²) in [5, 5.41) is 20.6. The largest absolute Gasteiger partial charge is 0.508 e. The molecule has 2 rings (SSSR count). The van der Waals surface area contributed by atoms with Crippen molar-refractivity contribution < 1.29 is 24.6 Å². The van der Waals surface area contributed by atoms with E-state index < -0.39 is 18.1 Å². The summed E-state index contributed by atoms with van der Waals surface area (Å²) in [6.07, 6.45) is 3.54. The smallest absolute Gasteiger partial charge is 0.412 e. The van der Waals surface area contributed by atoms with Crippen molar-refractivity contribution in [1.82, 2.24) is 5.48 Å². The third-order valence-corrected chi connectivity index (χ3v) is 3.75. The number of rotatable bonds is 8. The van der Waals surface area contributed by atoms with E-state index in [0.29, 0.717) is 24.9 Å². The van der Waals surface area contributed by atoms with Gasteiger partial charge in [0.1, 0.15) is 11.9 Å². The van der Waals surface area contributed by atoms with Crippen molar-refractivity contribution in [3.63, 3.8) is 0 Å². The Morgan fingerprint density at radius 1 is 1.07 bits per heavy atom. The van der Waals surface area contributed by atoms with Crippen LogP contribution in [0.25, 0.3) is 0 Å². The first-order chi connectivity index (χ1) is 13.1. The number of hydrogen-bond acceptors (Lipinski definition) is 5. The molecule has 1 atom stereocenters. The Morgan fingerprint density at radius 2 is 1.78 bits per heavy atom. The second-order valence-electron chi connectivity index (χ2n) is 5.79. The maximum Gasteiger partial charge on any atom is 0.412 e. The van der Waals surface area contributed by atoms with Crippen molar-refractivity contribution in [3.05, 3.63) is 72.3 Å². The molecule has 0 aliphatic heterocycles. The Hall–Kier alpha value is -3.32. The second kappa shape index (κ2) is 10.6. The van der Waals surface area contributed by atoms with E-state index in [4.69, 9.17) is 9.94 Å². The lowest BCUT2D eigenvalue weighted by atomic mass is 10.0. The molecule has 2 aromatic carbocycles. The van der Waals surface area contributed by atoms with Gasteiger partial charge in [0, 0.05) is 11.8 Å². The Morgan fingerprint density at radius 3 is 2.44 bits per heavy atom. The molecule has 7 nitrogen and oxygen atoms in total. The summed E-state index contributed by atoms with van der Waals surface area (Å²) in [6.45, 7) is 0. The Balaban J connectivity index is 1.96. The van der Waals surface area contributed by atoms with Crippen molar-refractivity contribution in [1.29, 1.82) is 0 Å². The van der Waals surface area contributed by atoms with Crippen LogP contribution in [0.3, 0.4) is 0 Å². The first-order valence-electron chi connectivity index (χ1n) is 8.50. The lowest BCUT2D eigenvalue weighted by molar-refractivity contribution is -0.124. The maximum absolute atomic E-state index is 12.2. The summed E-state index contributed by atoms with van der Waals surface area (Å²) in [7, 11) is 0. The van der Waals surface area contributed by atoms with Gasteiger partial charge in [0.25, 0.3) is 5.91 Å². The number of carbonyl (C=O) groups is 2. The van der Waals surface area contributed by atoms with Gasteiger partial charge in [0.15, 0.2) is 0 Å². The first-order valence-corrected chi connectivity index (χ1v) is 8.50. The molecule has 2 amide bonds. The van der Waals surface area contributed by atoms with Crippen LogP contribution in [0.15, 0.2) is 66.7 Å². The van der Waals surface area contributed by atoms with Crippen LogP contribution in [0.1, 0.15) is 30.9 Å². The monoisotopic (exact) mass is 370 g/mol. The highest BCUT2D eigenvalue weighted by atomic mass is 16.6. The normalized spacial score (nSPS) is 11.7. The maximum atomic E-state index is 12.2. The van der Waals surface area contributed by atoms with Crippen LogP contribution >= 0.6 is 0 Å². The molecule has 0 saturated carbocycles. The molecule has 0 aliphatic carbocycles. The number of amides is 2. The van der Waals surface area contributed by atoms with E-state index in [2.05, 4.69) is 5.32 Å². The molecule has 27 heavy (non-hydrogen) atoms. The van der Waals surface area contributed by atoms with E-state index in [1.807, 2.05) is 18.2 Å². The van der Waals surface area contributed by atoms with E-state index in [1.165, 1.54) is 23.7 Å². The lowest BCUT2D eigenvalue weighted by Gasteiger charge is -2.18. The number of nitrogens with one attached hydrogen (secondary N) is 2. The summed E-state index contributed by atoms with van der Waals surface area (Å²) in [4.78, 5) is 23.1. The van der Waals surface area contributed by atoms with Crippen LogP contribution in [-0.4, -0.2) is 22.3 Å². The molecule has 0 aliphatic rings. The SMILES string of the molecule is O=C(/C=C/CCC[C@H](OC(=O)Nc1ccccc1)c1ccc(O)cc1)NO. The molecule has 0 unspecified atom stereocenters. The number of phenols is 1. The minimum absolute atomic E-state index is 0.129. The minimum Gasteiger partial charge on any atom is -0.508 e. The number of anilines is 1. The van der Waals surface area contributed by atoms with Crippen LogP contribution in [0.4, 0.5) is 10.5 Å². The molecule has 7 heteroatoms. The zero-order valence-corrected chi connectivity index (χ0v) is 14.7. The Labute approximate surface area is 157 Å². The van der Waals surface area contributed by atoms with Gasteiger partial charge in [0.2, 0.25) is 0 Å². The predicted octanol–water partition coefficient (Wildman–Crippen LogP) is 3.91. The zero-order valence-electron chi connectivity index (χ0n) is 14.7. The van der Waals surface area contributed by atoms with Gasteiger partial charge >= 0.3 is 6.09 Å². The van der Waals surface area contributed by atoms with Crippen LogP contribution in [0.2, 0.25) is 0 Å². The number of ether oxygens (including phenoxy) is 1. The van der Waals surface area contributed by atoms with Crippen molar-refractivity contribution in [3.8, 4) is 5.75 Å². The van der Waals surface area contributed by atoms with Gasteiger partial charge in [-0.05, 0) is 49.1 Å². The van der Waals surface area contributed by atoms with Crippen molar-refractivity contribution in [2.24, 2.45) is 0 Å². The number of unbranched alkanes of at least 4 members (excludes halogenated alkanes) is 1. The van der Waals surface area contributed by atoms with Crippen LogP contribution in [-0.2, 0) is 9.53 Å². The van der Waals surface area contributed by atoms with Gasteiger partial charge in [-0.1, -0.05) is 36.4 Å². The summed E-state index contributed by atoms with van der Waals surface area (Å²) in [5.74, 6) is -0.465. The average Bonchev–Trinajstić information content (AvgIpc) is 2.68. The van der Waals surface area contributed by atoms with E-state index in [-0.39, 0.29) is 5.75 Å². The van der Waals surface area contributed by atoms with Crippen LogP contribution in [0.5, 0.6) is 5.75 Å². The third-order valence-electron chi connectivity index (χ3n) is 3.75. The summed E-state index contributed by atoms with van der Waals surface area (Å²) >= 11 is 0. The fraction of sp³-hybridized carbons (Fsp3) is 0.200. The Kier molecular flexibility index (Phi) is 7.87. The zero-order chi connectivity index (χ0) is 19.5. The molecule has 142 valence electrons. The number of hydroxylamine groups is 1. The standard InChI is InChI=1S/C20H22N2O5/c23-17-13-11-15(12-14-17)18(9-5-2-6-10-19(24)22-26)27-20(25)21-16-7-3-1-4-8-16/h1,3-4,6-8,10-14,18,23,26H,2,5,9H2,(H,21,25)(H,22,24)/b10-6+/t18-/m0/s1. The van der Waals surface area contributed by atoms with E-state index in [0.717, 1.165) is 5.56 Å². The van der Waals surface area contributed by atoms with Crippen LogP contribution in [0, 0.1) is 0 Å². The number of phenolic OH excluding ortho intramolecular Hbond substituents is 1. The number of allylic oxidation sites excluding steroid dienone is 1. The molecule has 0 aromatic heterocycles. The molecular formula is C20H22N2O5. The predicted molar refractivity (Wildman–Crippen MR) is 100 cm³/mol. The summed E-state index contributed by atoms with van der Waals surface area (Å²) in [6, 6.07) is 15.4. The van der Waals surface area contributed by atoms with Crippen molar-refractivity contribution >= 4 is 17.7 Å². The highest BCUT2D eigenvalue weighted by Gasteiger charge is 2.16. The van der Waals surface area contributed by atoms with Crippen molar-refractivity contribution in [2.45, 2.75) is 25.4 Å². The van der Waals surface area contributed by atoms with Gasteiger partial charge < -0.3 is 9.84 Å². The lowest BCUT2D eigenvalue weighted by Crippen LogP contribution is -2.17. The molecule has 0 fully saturated rings. The van der Waals surface area contributed by atoms with Gasteiger partial charge in [-0.15, -0.1) is 0 Å². The number of aromatic hydroxyl groups is 1. The highest BCUT2D eigenvalue weighted by Crippen LogP contribution is 2.26. The fourth-order valence-electron chi connectivity index (χ4n) is 2.43. The number of carbonyl (C=O) groups excluding carboxylic acids is 2. The van der Waals surface area contributed by atoms with E-state index >= 15 is 0 Å². The third kappa shape index (κ3) is 7.21. The number of benzene rings is 2. The van der Waals surface area contributed by atoms with E-state index in [9.17, 15) is 14.7 Å². The van der Waals surface area contributed by atoms with Gasteiger partial charge in [-0.25, -0.2) is 10.3 Å². The molecule has 0 saturated heterocycles. The first kappa shape index (κ1) is 20.0. The second-order valence-corrected chi connectivity index (χ2v) is 5.79. The average molecular weight is 370 g/mol. The molecule has 4 N–H and O–H groups in total. The summed E-state index contributed by atoms with van der Waals surface area (Å²) < 4.78 is 5.55. The molecule has 0 bridgehead atoms. The highest BCUT2D eigenvalue weighted by molar-refractivity contribution is 5.86. The van der Waals surface area contributed by atoms with E-state index in [1.54, 1.807) is 30.3 Å². The van der Waals surface area contributed by atoms with Gasteiger partial charge in [-0.3, -0.25) is 15.3 Å². The van der Waals surface area contributed by atoms with Crippen molar-refractivity contribution in [2.75, 3.05) is 5.32 Å². The topological polar surface area (TPSA) is 108 Å². The van der Waals surface area contributed by atoms with Gasteiger partial charge in [-0.2, -0.15) is 0 Å². The molecular weight excluding hydrogens is 348 g/mol.